The summed E-state index contributed by atoms with van der Waals surface area (Å²) in [6.45, 7) is -12.3. The highest BCUT2D eigenvalue weighted by Crippen LogP contribution is 1.94. The molecule has 32 valence electrons. The zero-order chi connectivity index (χ0) is 13.6. The molecule has 0 aliphatic rings. The highest BCUT2D eigenvalue weighted by atomic mass is 28.3. The Hall–Kier alpha value is 0.217. The molecule has 0 aliphatic heterocycles. The highest BCUT2D eigenvalue weighted by Gasteiger charge is 1.99. The molecule has 0 heterocycles. The van der Waals surface area contributed by atoms with E-state index in [0.717, 1.165) is 0 Å². The average molecular weight is 99.3 g/mol. The Morgan fingerprint density at radius 1 is 1.40 bits per heavy atom. The lowest BCUT2D eigenvalue weighted by atomic mass is 11.8. The minimum Gasteiger partial charge on any atom is -0.0697 e. The Morgan fingerprint density at radius 3 is 2.00 bits per heavy atom. The monoisotopic (exact) mass is 99.1 g/mol. The minimum absolute atomic E-state index is 2.37. The predicted molar refractivity (Wildman–Crippen MR) is 29.2 cm³/mol. The molecule has 1 heteroatoms. The summed E-state index contributed by atoms with van der Waals surface area (Å²) in [5, 5.41) is 0. The average Bonchev–Trinajstić information content (AvgIpc) is 1.71. The smallest absolute Gasteiger partial charge is 0.0411 e. The van der Waals surface area contributed by atoms with Crippen LogP contribution in [0.5, 0.6) is 0 Å². The summed E-state index contributed by atoms with van der Waals surface area (Å²) in [6.07, 6.45) is 0. The van der Waals surface area contributed by atoms with Crippen molar-refractivity contribution >= 4 is 8.07 Å². The van der Waals surface area contributed by atoms with Gasteiger partial charge in [0.2, 0.25) is 0 Å². The Morgan fingerprint density at radius 2 is 2.00 bits per heavy atom. The number of hydrogen-bond acceptors (Lipinski definition) is 0. The van der Waals surface area contributed by atoms with E-state index in [-0.39, 0.29) is 0 Å². The van der Waals surface area contributed by atoms with E-state index in [9.17, 15) is 0 Å². The zero-order valence-corrected chi connectivity index (χ0v) is 3.58. The third-order valence-corrected chi connectivity index (χ3v) is 0. The molecule has 0 N–H and O–H groups in total. The van der Waals surface area contributed by atoms with Gasteiger partial charge in [0, 0.05) is 23.2 Å². The van der Waals surface area contributed by atoms with E-state index in [1.165, 1.54) is 0 Å². The van der Waals surface area contributed by atoms with Crippen molar-refractivity contribution in [3.05, 3.63) is 0 Å². The van der Waals surface area contributed by atoms with Crippen molar-refractivity contribution in [3.8, 4) is 0 Å². The van der Waals surface area contributed by atoms with Crippen LogP contribution < -0.4 is 0 Å². The summed E-state index contributed by atoms with van der Waals surface area (Å²) in [6, 6.07) is 0. The van der Waals surface area contributed by atoms with Crippen molar-refractivity contribution in [1.29, 1.82) is 0 Å². The van der Waals surface area contributed by atoms with Crippen LogP contribution in [0.25, 0.3) is 0 Å². The molecule has 0 fully saturated rings. The van der Waals surface area contributed by atoms with Gasteiger partial charge in [0.15, 0.2) is 0 Å². The first-order valence-electron chi connectivity index (χ1n) is 6.69. The van der Waals surface area contributed by atoms with Gasteiger partial charge >= 0.3 is 0 Å². The van der Waals surface area contributed by atoms with Crippen molar-refractivity contribution in [2.45, 2.75) is 25.9 Å². The van der Waals surface area contributed by atoms with E-state index >= 15 is 0 Å². The molecule has 0 aliphatic carbocycles. The summed E-state index contributed by atoms with van der Waals surface area (Å²) in [5.74, 6) is 0. The normalized spacial score (nSPS) is 52.6. The summed E-state index contributed by atoms with van der Waals surface area (Å²) >= 11 is 0. The third-order valence-electron chi connectivity index (χ3n) is 0. The van der Waals surface area contributed by atoms with Gasteiger partial charge in [0.1, 0.15) is 0 Å². The van der Waals surface area contributed by atoms with Crippen molar-refractivity contribution in [2.75, 3.05) is 0 Å². The predicted octanol–water partition coefficient (Wildman–Crippen LogP) is 1.95. The van der Waals surface area contributed by atoms with Crippen LogP contribution in [-0.2, 0) is 0 Å². The van der Waals surface area contributed by atoms with Crippen LogP contribution in [0.4, 0.5) is 0 Å². The molecule has 0 rings (SSSR count). The highest BCUT2D eigenvalue weighted by molar-refractivity contribution is 6.74. The Kier molecular flexibility index (Phi) is 0.0905. The quantitative estimate of drug-likeness (QED) is 0.407. The third kappa shape index (κ3) is 441. The second-order valence-electron chi connectivity index (χ2n) is 0.808. The van der Waals surface area contributed by atoms with Gasteiger partial charge in [-0.3, -0.25) is 0 Å². The van der Waals surface area contributed by atoms with Gasteiger partial charge in [-0.15, -0.1) is 0 Å². The van der Waals surface area contributed by atoms with Gasteiger partial charge in [0.25, 0.3) is 0 Å². The Labute approximate surface area is 50.7 Å². The van der Waals surface area contributed by atoms with Gasteiger partial charge in [-0.25, -0.2) is 0 Å². The molecule has 0 radical (unpaired) electrons. The first-order chi connectivity index (χ1) is 6.69. The summed E-state index contributed by atoms with van der Waals surface area (Å²) in [5.41, 5.74) is 0. The molecule has 5 heavy (non-hydrogen) atoms. The van der Waals surface area contributed by atoms with Crippen LogP contribution in [0.15, 0.2) is 0 Å². The molecule has 0 bridgehead atoms. The molecule has 0 aromatic heterocycles. The minimum atomic E-state index is -5.14. The summed E-state index contributed by atoms with van der Waals surface area (Å²) in [7, 11) is -5.14. The van der Waals surface area contributed by atoms with Gasteiger partial charge < -0.3 is 0 Å². The molecule has 0 amide bonds. The lowest BCUT2D eigenvalue weighted by molar-refractivity contribution is 1.71. The van der Waals surface area contributed by atoms with Gasteiger partial charge in [-0.05, 0) is 0 Å². The molecular weight excluding hydrogens is 76.1 g/mol. The SMILES string of the molecule is [2H]C([2H])[Si](C([2H])([2H])[2H])(C([2H])([2H])[2H])C([2H])([2H])[2H]. The topological polar surface area (TPSA) is 0 Å². The first kappa shape index (κ1) is 0.401. The van der Waals surface area contributed by atoms with Crippen LogP contribution in [0.1, 0.15) is 15.1 Å². The van der Waals surface area contributed by atoms with Gasteiger partial charge in [-0.1, -0.05) is 25.9 Å². The number of rotatable bonds is 0. The van der Waals surface area contributed by atoms with Crippen molar-refractivity contribution in [3.63, 3.8) is 0 Å². The van der Waals surface area contributed by atoms with Crippen LogP contribution in [0.3, 0.4) is 0 Å². The van der Waals surface area contributed by atoms with Crippen LogP contribution >= 0.6 is 0 Å². The lowest BCUT2D eigenvalue weighted by Crippen LogP contribution is -2.10. The van der Waals surface area contributed by atoms with E-state index in [1.807, 2.05) is 0 Å². The molecule has 0 nitrogen and oxygen atoms in total. The van der Waals surface area contributed by atoms with Crippen molar-refractivity contribution < 1.29 is 15.1 Å². The standard InChI is InChI=1S/C4H12Si/c1-5(2,3)4/h1-4H3/i1D2,2D3,3D3,4D3. The van der Waals surface area contributed by atoms with E-state index in [0.29, 0.717) is 0 Å². The van der Waals surface area contributed by atoms with Crippen LogP contribution in [0, 0.1) is 0 Å². The molecule has 0 unspecified atom stereocenters. The maximum absolute atomic E-state index is 7.11. The van der Waals surface area contributed by atoms with Crippen LogP contribution in [-0.4, -0.2) is 8.07 Å². The molecule has 0 atom stereocenters. The lowest BCUT2D eigenvalue weighted by Gasteiger charge is -2.01. The maximum atomic E-state index is 7.11. The van der Waals surface area contributed by atoms with Gasteiger partial charge in [-0.2, -0.15) is 0 Å². The summed E-state index contributed by atoms with van der Waals surface area (Å²) < 4.78 is 78.2. The fraction of sp³-hybridized carbons (Fsp3) is 1.00. The molecular formula is C4H12Si. The Balaban J connectivity index is 6.05. The number of hydrogen-bond donors (Lipinski definition) is 0. The molecule has 0 aromatic rings. The second kappa shape index (κ2) is 1.13. The van der Waals surface area contributed by atoms with E-state index in [2.05, 4.69) is 0 Å². The molecule has 0 saturated carbocycles. The van der Waals surface area contributed by atoms with E-state index < -0.39 is 34.0 Å². The first-order valence-corrected chi connectivity index (χ1v) is 3.12. The zero-order valence-electron chi connectivity index (χ0n) is 13.6. The van der Waals surface area contributed by atoms with E-state index in [4.69, 9.17) is 15.1 Å². The molecule has 0 spiro atoms. The van der Waals surface area contributed by atoms with Crippen molar-refractivity contribution in [1.82, 2.24) is 0 Å². The van der Waals surface area contributed by atoms with Gasteiger partial charge in [0.05, 0.1) is 0 Å². The van der Waals surface area contributed by atoms with E-state index in [1.54, 1.807) is 0 Å². The largest absolute Gasteiger partial charge is 0.0697 e. The second-order valence-corrected chi connectivity index (χ2v) is 2.42. The molecule has 0 aromatic carbocycles. The Bertz CT molecular complexity index is 206. The summed E-state index contributed by atoms with van der Waals surface area (Å²) in [4.78, 5) is 0. The van der Waals surface area contributed by atoms with Crippen molar-refractivity contribution in [2.24, 2.45) is 0 Å². The molecule has 0 saturated heterocycles. The maximum Gasteiger partial charge on any atom is 0.0411 e. The fourth-order valence-electron chi connectivity index (χ4n) is 0. The van der Waals surface area contributed by atoms with Crippen LogP contribution in [0.2, 0.25) is 25.9 Å². The fourth-order valence-corrected chi connectivity index (χ4v) is 0.